The molecule has 1 aromatic rings. The molecule has 2 N–H and O–H groups in total. The molecular weight excluding hydrogens is 373 g/mol. The van der Waals surface area contributed by atoms with Gasteiger partial charge in [-0.25, -0.2) is 9.78 Å². The van der Waals surface area contributed by atoms with E-state index >= 15 is 0 Å². The van der Waals surface area contributed by atoms with Gasteiger partial charge < -0.3 is 20.2 Å². The van der Waals surface area contributed by atoms with Crippen LogP contribution in [0.15, 0.2) is 18.3 Å². The molecule has 6 nitrogen and oxygen atoms in total. The third-order valence-corrected chi connectivity index (χ3v) is 6.09. The van der Waals surface area contributed by atoms with Crippen LogP contribution in [-0.4, -0.2) is 58.3 Å². The molecule has 154 valence electrons. The number of rotatable bonds is 2. The van der Waals surface area contributed by atoms with Crippen molar-refractivity contribution >= 4 is 11.8 Å². The van der Waals surface area contributed by atoms with E-state index < -0.39 is 11.7 Å². The number of urea groups is 1. The molecule has 3 aliphatic heterocycles. The van der Waals surface area contributed by atoms with Crippen LogP contribution < -0.4 is 10.2 Å². The highest BCUT2D eigenvalue weighted by molar-refractivity contribution is 5.76. The van der Waals surface area contributed by atoms with Crippen LogP contribution >= 0.6 is 0 Å². The van der Waals surface area contributed by atoms with E-state index in [0.29, 0.717) is 31.7 Å². The second-order valence-corrected chi connectivity index (χ2v) is 8.05. The molecule has 0 aromatic carbocycles. The maximum absolute atomic E-state index is 12.8. The Kier molecular flexibility index (Phi) is 5.11. The van der Waals surface area contributed by atoms with Crippen LogP contribution in [0.1, 0.15) is 44.1 Å². The SMILES string of the molecule is O=C(N[C@H]1CCCN(c2ccc(C(F)(F)F)cn2)C1)N1[C@@H]2CC[C@H]1C[C@@H](O)C2. The zero-order valence-corrected chi connectivity index (χ0v) is 15.5. The second kappa shape index (κ2) is 7.42. The monoisotopic (exact) mass is 398 g/mol. The first kappa shape index (κ1) is 19.3. The summed E-state index contributed by atoms with van der Waals surface area (Å²) in [5.41, 5.74) is -0.763. The molecule has 0 spiro atoms. The highest BCUT2D eigenvalue weighted by atomic mass is 19.4. The van der Waals surface area contributed by atoms with Gasteiger partial charge in [0, 0.05) is 37.4 Å². The topological polar surface area (TPSA) is 68.7 Å². The number of aliphatic hydroxyl groups excluding tert-OH is 1. The fourth-order valence-corrected chi connectivity index (χ4v) is 4.77. The Labute approximate surface area is 161 Å². The first-order valence-corrected chi connectivity index (χ1v) is 9.86. The van der Waals surface area contributed by atoms with E-state index in [9.17, 15) is 23.1 Å². The number of hydrogen-bond donors (Lipinski definition) is 2. The van der Waals surface area contributed by atoms with Crippen molar-refractivity contribution in [3.8, 4) is 0 Å². The first-order valence-electron chi connectivity index (χ1n) is 9.86. The number of anilines is 1. The lowest BCUT2D eigenvalue weighted by Gasteiger charge is -2.39. The number of aromatic nitrogens is 1. The van der Waals surface area contributed by atoms with E-state index in [2.05, 4.69) is 10.3 Å². The third kappa shape index (κ3) is 3.90. The van der Waals surface area contributed by atoms with Gasteiger partial charge in [0.05, 0.1) is 11.7 Å². The molecule has 0 aliphatic carbocycles. The van der Waals surface area contributed by atoms with E-state index in [0.717, 1.165) is 37.9 Å². The number of halogens is 3. The molecule has 2 amide bonds. The first-order chi connectivity index (χ1) is 13.3. The van der Waals surface area contributed by atoms with Crippen molar-refractivity contribution in [3.05, 3.63) is 23.9 Å². The van der Waals surface area contributed by atoms with Gasteiger partial charge in [-0.1, -0.05) is 0 Å². The Balaban J connectivity index is 1.37. The van der Waals surface area contributed by atoms with Crippen LogP contribution in [0.25, 0.3) is 0 Å². The van der Waals surface area contributed by atoms with Gasteiger partial charge in [0.1, 0.15) is 5.82 Å². The summed E-state index contributed by atoms with van der Waals surface area (Å²) in [5.74, 6) is 0.494. The molecule has 4 rings (SSSR count). The standard InChI is InChI=1S/C19H25F3N4O2/c20-19(21,22)12-3-6-17(23-10-12)25-7-1-2-13(11-25)24-18(28)26-14-4-5-15(26)9-16(27)8-14/h3,6,10,13-16,27H,1-2,4-5,7-9,11H2,(H,24,28)/t13-,14-,15+,16+/m0/s1. The van der Waals surface area contributed by atoms with Gasteiger partial charge in [0.25, 0.3) is 0 Å². The third-order valence-electron chi connectivity index (χ3n) is 6.09. The van der Waals surface area contributed by atoms with E-state index in [1.165, 1.54) is 6.07 Å². The van der Waals surface area contributed by atoms with Gasteiger partial charge in [0.15, 0.2) is 0 Å². The Hall–Kier alpha value is -2.03. The number of nitrogens with one attached hydrogen (secondary N) is 1. The summed E-state index contributed by atoms with van der Waals surface area (Å²) >= 11 is 0. The van der Waals surface area contributed by atoms with Crippen LogP contribution in [0.3, 0.4) is 0 Å². The van der Waals surface area contributed by atoms with Gasteiger partial charge >= 0.3 is 12.2 Å². The molecule has 3 fully saturated rings. The lowest BCUT2D eigenvalue weighted by molar-refractivity contribution is -0.137. The van der Waals surface area contributed by atoms with Crippen molar-refractivity contribution in [1.82, 2.24) is 15.2 Å². The number of amides is 2. The number of fused-ring (bicyclic) bond motifs is 2. The minimum Gasteiger partial charge on any atom is -0.393 e. The summed E-state index contributed by atoms with van der Waals surface area (Å²) in [6.45, 7) is 1.22. The van der Waals surface area contributed by atoms with Crippen molar-refractivity contribution in [1.29, 1.82) is 0 Å². The number of carbonyl (C=O) groups excluding carboxylic acids is 1. The highest BCUT2D eigenvalue weighted by Gasteiger charge is 2.43. The van der Waals surface area contributed by atoms with Crippen LogP contribution in [0.2, 0.25) is 0 Å². The molecule has 4 atom stereocenters. The summed E-state index contributed by atoms with van der Waals surface area (Å²) in [4.78, 5) is 20.6. The van der Waals surface area contributed by atoms with E-state index in [-0.39, 0.29) is 30.3 Å². The molecular formula is C19H25F3N4O2. The molecule has 28 heavy (non-hydrogen) atoms. The molecule has 9 heteroatoms. The van der Waals surface area contributed by atoms with Gasteiger partial charge in [-0.05, 0) is 50.7 Å². The van der Waals surface area contributed by atoms with E-state index in [1.807, 2.05) is 9.80 Å². The summed E-state index contributed by atoms with van der Waals surface area (Å²) in [6.07, 6.45) is 0.931. The molecule has 3 aliphatic rings. The molecule has 3 saturated heterocycles. The smallest absolute Gasteiger partial charge is 0.393 e. The summed E-state index contributed by atoms with van der Waals surface area (Å²) in [6, 6.07) is 2.47. The minimum absolute atomic E-state index is 0.0726. The predicted octanol–water partition coefficient (Wildman–Crippen LogP) is 2.77. The van der Waals surface area contributed by atoms with Crippen LogP contribution in [0, 0.1) is 0 Å². The minimum atomic E-state index is -4.40. The number of hydrogen-bond acceptors (Lipinski definition) is 4. The normalized spacial score (nSPS) is 30.4. The van der Waals surface area contributed by atoms with Gasteiger partial charge in [-0.2, -0.15) is 13.2 Å². The van der Waals surface area contributed by atoms with E-state index in [1.54, 1.807) is 0 Å². The Bertz CT molecular complexity index is 698. The van der Waals surface area contributed by atoms with Crippen LogP contribution in [0.5, 0.6) is 0 Å². The summed E-state index contributed by atoms with van der Waals surface area (Å²) in [5, 5.41) is 13.0. The predicted molar refractivity (Wildman–Crippen MR) is 96.9 cm³/mol. The number of pyridine rings is 1. The number of carbonyl (C=O) groups is 1. The van der Waals surface area contributed by atoms with E-state index in [4.69, 9.17) is 0 Å². The Morgan fingerprint density at radius 2 is 1.89 bits per heavy atom. The van der Waals surface area contributed by atoms with Crippen molar-refractivity contribution in [2.75, 3.05) is 18.0 Å². The lowest BCUT2D eigenvalue weighted by Crippen LogP contribution is -2.56. The van der Waals surface area contributed by atoms with Crippen molar-refractivity contribution in [2.45, 2.75) is 68.9 Å². The van der Waals surface area contributed by atoms with Crippen LogP contribution in [0.4, 0.5) is 23.8 Å². The number of piperidine rings is 2. The molecule has 0 unspecified atom stereocenters. The lowest BCUT2D eigenvalue weighted by atomic mass is 10.00. The maximum Gasteiger partial charge on any atom is 0.417 e. The fraction of sp³-hybridized carbons (Fsp3) is 0.684. The molecule has 2 bridgehead atoms. The fourth-order valence-electron chi connectivity index (χ4n) is 4.77. The van der Waals surface area contributed by atoms with Crippen molar-refractivity contribution in [3.63, 3.8) is 0 Å². The highest BCUT2D eigenvalue weighted by Crippen LogP contribution is 2.36. The van der Waals surface area contributed by atoms with Crippen LogP contribution in [-0.2, 0) is 6.18 Å². The average Bonchev–Trinajstić information content (AvgIpc) is 2.93. The number of aliphatic hydroxyl groups is 1. The Morgan fingerprint density at radius 3 is 2.50 bits per heavy atom. The van der Waals surface area contributed by atoms with Crippen molar-refractivity contribution in [2.24, 2.45) is 0 Å². The maximum atomic E-state index is 12.8. The molecule has 4 heterocycles. The largest absolute Gasteiger partial charge is 0.417 e. The van der Waals surface area contributed by atoms with Crippen molar-refractivity contribution < 1.29 is 23.1 Å². The zero-order valence-electron chi connectivity index (χ0n) is 15.5. The van der Waals surface area contributed by atoms with Gasteiger partial charge in [-0.3, -0.25) is 0 Å². The number of nitrogens with zero attached hydrogens (tertiary/aromatic N) is 3. The zero-order chi connectivity index (χ0) is 19.9. The summed E-state index contributed by atoms with van der Waals surface area (Å²) < 4.78 is 38.1. The molecule has 1 aromatic heterocycles. The summed E-state index contributed by atoms with van der Waals surface area (Å²) in [7, 11) is 0. The Morgan fingerprint density at radius 1 is 1.18 bits per heavy atom. The average molecular weight is 398 g/mol. The molecule has 0 radical (unpaired) electrons. The number of alkyl halides is 3. The molecule has 0 saturated carbocycles. The van der Waals surface area contributed by atoms with Gasteiger partial charge in [0.2, 0.25) is 0 Å². The quantitative estimate of drug-likeness (QED) is 0.804. The van der Waals surface area contributed by atoms with Gasteiger partial charge in [-0.15, -0.1) is 0 Å². The second-order valence-electron chi connectivity index (χ2n) is 8.05.